The van der Waals surface area contributed by atoms with E-state index in [0.717, 1.165) is 18.4 Å². The fraction of sp³-hybridized carbons (Fsp3) is 0.417. The van der Waals surface area contributed by atoms with Crippen LogP contribution in [0.2, 0.25) is 0 Å². The summed E-state index contributed by atoms with van der Waals surface area (Å²) in [5.41, 5.74) is 2.18. The van der Waals surface area contributed by atoms with Crippen LogP contribution in [0.5, 0.6) is 0 Å². The zero-order chi connectivity index (χ0) is 10.8. The monoisotopic (exact) mass is 208 g/mol. The van der Waals surface area contributed by atoms with Gasteiger partial charge in [-0.2, -0.15) is 0 Å². The summed E-state index contributed by atoms with van der Waals surface area (Å²) in [7, 11) is 0. The Morgan fingerprint density at radius 2 is 2.33 bits per heavy atom. The maximum atomic E-state index is 13.0. The van der Waals surface area contributed by atoms with Gasteiger partial charge in [0.25, 0.3) is 0 Å². The number of carbonyl (C=O) groups is 1. The molecule has 0 amide bonds. The minimum atomic E-state index is -0.778. The molecule has 15 heavy (non-hydrogen) atoms. The number of rotatable bonds is 3. The summed E-state index contributed by atoms with van der Waals surface area (Å²) >= 11 is 0. The zero-order valence-electron chi connectivity index (χ0n) is 8.37. The van der Waals surface area contributed by atoms with Crippen LogP contribution < -0.4 is 0 Å². The second-order valence-electron chi connectivity index (χ2n) is 4.01. The Kier molecular flexibility index (Phi) is 2.71. The average Bonchev–Trinajstić information content (AvgIpc) is 2.57. The first-order chi connectivity index (χ1) is 7.16. The van der Waals surface area contributed by atoms with Gasteiger partial charge in [0, 0.05) is 6.42 Å². The molecule has 0 saturated carbocycles. The van der Waals surface area contributed by atoms with Crippen LogP contribution in [0.25, 0.3) is 0 Å². The predicted molar refractivity (Wildman–Crippen MR) is 54.3 cm³/mol. The molecular weight excluding hydrogens is 195 g/mol. The van der Waals surface area contributed by atoms with Gasteiger partial charge in [-0.1, -0.05) is 6.07 Å². The van der Waals surface area contributed by atoms with Gasteiger partial charge in [-0.25, -0.2) is 4.39 Å². The summed E-state index contributed by atoms with van der Waals surface area (Å²) in [6.07, 6.45) is 2.68. The van der Waals surface area contributed by atoms with Crippen molar-refractivity contribution in [2.45, 2.75) is 31.6 Å². The fourth-order valence-electron chi connectivity index (χ4n) is 2.26. The molecule has 0 aromatic heterocycles. The maximum Gasteiger partial charge on any atom is 0.303 e. The highest BCUT2D eigenvalue weighted by Crippen LogP contribution is 2.36. The Labute approximate surface area is 87.7 Å². The maximum absolute atomic E-state index is 13.0. The third kappa shape index (κ3) is 2.17. The number of aryl methyl sites for hydroxylation is 1. The smallest absolute Gasteiger partial charge is 0.303 e. The molecule has 1 aliphatic rings. The normalized spacial score (nSPS) is 18.9. The number of hydrogen-bond donors (Lipinski definition) is 1. The lowest BCUT2D eigenvalue weighted by atomic mass is 9.96. The van der Waals surface area contributed by atoms with E-state index in [9.17, 15) is 9.18 Å². The van der Waals surface area contributed by atoms with Gasteiger partial charge >= 0.3 is 5.97 Å². The van der Waals surface area contributed by atoms with Crippen molar-refractivity contribution in [1.29, 1.82) is 0 Å². The van der Waals surface area contributed by atoms with Crippen molar-refractivity contribution in [1.82, 2.24) is 0 Å². The molecule has 1 aromatic carbocycles. The van der Waals surface area contributed by atoms with E-state index in [-0.39, 0.29) is 18.2 Å². The number of carboxylic acids is 1. The van der Waals surface area contributed by atoms with Crippen molar-refractivity contribution < 1.29 is 14.3 Å². The number of halogens is 1. The first-order valence-electron chi connectivity index (χ1n) is 5.17. The fourth-order valence-corrected chi connectivity index (χ4v) is 2.26. The number of fused-ring (bicyclic) bond motifs is 1. The number of hydrogen-bond acceptors (Lipinski definition) is 1. The molecule has 0 spiro atoms. The molecule has 0 bridgehead atoms. The van der Waals surface area contributed by atoms with E-state index >= 15 is 0 Å². The molecule has 2 nitrogen and oxygen atoms in total. The standard InChI is InChI=1S/C12H13FO2/c13-10-5-3-8-1-2-9(11(8)7-10)4-6-12(14)15/h3,5,7,9H,1-2,4,6H2,(H,14,15). The molecular formula is C12H13FO2. The molecule has 1 unspecified atom stereocenters. The molecule has 0 aliphatic heterocycles. The van der Waals surface area contributed by atoms with Crippen LogP contribution in [0, 0.1) is 5.82 Å². The Morgan fingerprint density at radius 3 is 3.07 bits per heavy atom. The molecule has 0 heterocycles. The van der Waals surface area contributed by atoms with Gasteiger partial charge in [0.2, 0.25) is 0 Å². The average molecular weight is 208 g/mol. The largest absolute Gasteiger partial charge is 0.481 e. The molecule has 0 fully saturated rings. The Hall–Kier alpha value is -1.38. The summed E-state index contributed by atoms with van der Waals surface area (Å²) < 4.78 is 13.0. The summed E-state index contributed by atoms with van der Waals surface area (Å²) in [4.78, 5) is 10.5. The van der Waals surface area contributed by atoms with Gasteiger partial charge in [0.15, 0.2) is 0 Å². The van der Waals surface area contributed by atoms with Crippen LogP contribution >= 0.6 is 0 Å². The quantitative estimate of drug-likeness (QED) is 0.829. The lowest BCUT2D eigenvalue weighted by Crippen LogP contribution is -2.00. The second kappa shape index (κ2) is 4.01. The van der Waals surface area contributed by atoms with Gasteiger partial charge < -0.3 is 5.11 Å². The van der Waals surface area contributed by atoms with Crippen molar-refractivity contribution in [3.05, 3.63) is 35.1 Å². The van der Waals surface area contributed by atoms with Gasteiger partial charge in [0.1, 0.15) is 5.82 Å². The highest BCUT2D eigenvalue weighted by molar-refractivity contribution is 5.66. The lowest BCUT2D eigenvalue weighted by molar-refractivity contribution is -0.137. The first-order valence-corrected chi connectivity index (χ1v) is 5.17. The molecule has 0 radical (unpaired) electrons. The minimum Gasteiger partial charge on any atom is -0.481 e. The van der Waals surface area contributed by atoms with Crippen molar-refractivity contribution in [3.63, 3.8) is 0 Å². The number of carboxylic acid groups (broad SMARTS) is 1. The molecule has 1 aromatic rings. The van der Waals surface area contributed by atoms with Crippen molar-refractivity contribution in [3.8, 4) is 0 Å². The van der Waals surface area contributed by atoms with Crippen LogP contribution in [0.3, 0.4) is 0 Å². The van der Waals surface area contributed by atoms with E-state index in [4.69, 9.17) is 5.11 Å². The molecule has 0 saturated heterocycles. The molecule has 1 aliphatic carbocycles. The molecule has 3 heteroatoms. The second-order valence-corrected chi connectivity index (χ2v) is 4.01. The zero-order valence-corrected chi connectivity index (χ0v) is 8.37. The predicted octanol–water partition coefficient (Wildman–Crippen LogP) is 2.72. The summed E-state index contributed by atoms with van der Waals surface area (Å²) in [5.74, 6) is -0.775. The van der Waals surface area contributed by atoms with E-state index in [0.29, 0.717) is 6.42 Å². The van der Waals surface area contributed by atoms with Gasteiger partial charge in [-0.05, 0) is 48.4 Å². The molecule has 2 rings (SSSR count). The van der Waals surface area contributed by atoms with Crippen LogP contribution in [0.15, 0.2) is 18.2 Å². The molecule has 1 N–H and O–H groups in total. The summed E-state index contributed by atoms with van der Waals surface area (Å²) in [6, 6.07) is 4.83. The van der Waals surface area contributed by atoms with Crippen molar-refractivity contribution in [2.24, 2.45) is 0 Å². The van der Waals surface area contributed by atoms with E-state index in [1.54, 1.807) is 6.07 Å². The van der Waals surface area contributed by atoms with Crippen LogP contribution in [-0.2, 0) is 11.2 Å². The third-order valence-corrected chi connectivity index (χ3v) is 3.02. The Bertz CT molecular complexity index is 387. The molecule has 1 atom stereocenters. The van der Waals surface area contributed by atoms with Gasteiger partial charge in [0.05, 0.1) is 0 Å². The summed E-state index contributed by atoms with van der Waals surface area (Å²) in [6.45, 7) is 0. The topological polar surface area (TPSA) is 37.3 Å². The Morgan fingerprint density at radius 1 is 1.53 bits per heavy atom. The van der Waals surface area contributed by atoms with Crippen LogP contribution in [0.4, 0.5) is 4.39 Å². The van der Waals surface area contributed by atoms with Crippen molar-refractivity contribution in [2.75, 3.05) is 0 Å². The third-order valence-electron chi connectivity index (χ3n) is 3.02. The lowest BCUT2D eigenvalue weighted by Gasteiger charge is -2.09. The van der Waals surface area contributed by atoms with E-state index < -0.39 is 5.97 Å². The molecule has 80 valence electrons. The van der Waals surface area contributed by atoms with E-state index in [1.165, 1.54) is 11.6 Å². The summed E-state index contributed by atoms with van der Waals surface area (Å²) in [5, 5.41) is 8.60. The van der Waals surface area contributed by atoms with Gasteiger partial charge in [-0.15, -0.1) is 0 Å². The Balaban J connectivity index is 2.13. The minimum absolute atomic E-state index is 0.167. The number of aliphatic carboxylic acids is 1. The van der Waals surface area contributed by atoms with Crippen LogP contribution in [-0.4, -0.2) is 11.1 Å². The highest BCUT2D eigenvalue weighted by Gasteiger charge is 2.23. The van der Waals surface area contributed by atoms with E-state index in [1.807, 2.05) is 6.07 Å². The van der Waals surface area contributed by atoms with Crippen LogP contribution in [0.1, 0.15) is 36.3 Å². The number of benzene rings is 1. The highest BCUT2D eigenvalue weighted by atomic mass is 19.1. The first kappa shape index (κ1) is 10.1. The van der Waals surface area contributed by atoms with Gasteiger partial charge in [-0.3, -0.25) is 4.79 Å². The SMILES string of the molecule is O=C(O)CCC1CCc2ccc(F)cc21. The van der Waals surface area contributed by atoms with Crippen molar-refractivity contribution >= 4 is 5.97 Å². The van der Waals surface area contributed by atoms with E-state index in [2.05, 4.69) is 0 Å².